The van der Waals surface area contributed by atoms with Gasteiger partial charge < -0.3 is 5.73 Å². The van der Waals surface area contributed by atoms with Gasteiger partial charge in [-0.15, -0.1) is 11.8 Å². The van der Waals surface area contributed by atoms with Gasteiger partial charge in [0.15, 0.2) is 0 Å². The summed E-state index contributed by atoms with van der Waals surface area (Å²) in [5.74, 6) is 0.812. The second kappa shape index (κ2) is 5.64. The van der Waals surface area contributed by atoms with Crippen molar-refractivity contribution in [3.63, 3.8) is 0 Å². The zero-order valence-electron chi connectivity index (χ0n) is 10.1. The van der Waals surface area contributed by atoms with Crippen molar-refractivity contribution in [3.8, 4) is 0 Å². The highest BCUT2D eigenvalue weighted by molar-refractivity contribution is 7.98. The van der Waals surface area contributed by atoms with Crippen LogP contribution in [0.1, 0.15) is 16.7 Å². The first-order chi connectivity index (χ1) is 8.68. The summed E-state index contributed by atoms with van der Waals surface area (Å²) in [5, 5.41) is 8.24. The molecule has 92 valence electrons. The van der Waals surface area contributed by atoms with E-state index in [4.69, 9.17) is 11.1 Å². The predicted octanol–water partition coefficient (Wildman–Crippen LogP) is 2.36. The standard InChI is InChI=1S/C13H14N4S/c1-9-4-2-3-5-10(9)7-18-13-11(12(14)15)6-16-8-17-13/h2-6,8H,7H2,1H3,(H3,14,15). The summed E-state index contributed by atoms with van der Waals surface area (Å²) in [5.41, 5.74) is 8.61. The van der Waals surface area contributed by atoms with Crippen molar-refractivity contribution in [1.29, 1.82) is 5.41 Å². The Bertz CT molecular complexity index is 568. The van der Waals surface area contributed by atoms with E-state index in [0.29, 0.717) is 5.56 Å². The van der Waals surface area contributed by atoms with E-state index >= 15 is 0 Å². The minimum atomic E-state index is 0.00267. The molecule has 0 aliphatic rings. The SMILES string of the molecule is Cc1ccccc1CSc1ncncc1C(=N)N. The predicted molar refractivity (Wildman–Crippen MR) is 73.8 cm³/mol. The lowest BCUT2D eigenvalue weighted by atomic mass is 10.1. The van der Waals surface area contributed by atoms with Gasteiger partial charge in [0.2, 0.25) is 0 Å². The number of nitrogens with zero attached hydrogens (tertiary/aromatic N) is 2. The number of nitrogens with one attached hydrogen (secondary N) is 1. The summed E-state index contributed by atoms with van der Waals surface area (Å²) in [7, 11) is 0. The minimum Gasteiger partial charge on any atom is -0.384 e. The van der Waals surface area contributed by atoms with Crippen molar-refractivity contribution in [2.24, 2.45) is 5.73 Å². The third-order valence-corrected chi connectivity index (χ3v) is 3.65. The molecule has 2 aromatic rings. The van der Waals surface area contributed by atoms with Gasteiger partial charge in [-0.1, -0.05) is 24.3 Å². The maximum atomic E-state index is 7.49. The first-order valence-electron chi connectivity index (χ1n) is 5.50. The highest BCUT2D eigenvalue weighted by Crippen LogP contribution is 2.24. The highest BCUT2D eigenvalue weighted by atomic mass is 32.2. The number of nitrogens with two attached hydrogens (primary N) is 1. The molecule has 1 aromatic carbocycles. The molecule has 0 unspecified atom stereocenters. The quantitative estimate of drug-likeness (QED) is 0.382. The molecule has 2 rings (SSSR count). The second-order valence-electron chi connectivity index (χ2n) is 3.87. The summed E-state index contributed by atoms with van der Waals surface area (Å²) >= 11 is 1.57. The van der Waals surface area contributed by atoms with Crippen LogP contribution in [0.5, 0.6) is 0 Å². The number of benzene rings is 1. The van der Waals surface area contributed by atoms with E-state index < -0.39 is 0 Å². The van der Waals surface area contributed by atoms with Crippen molar-refractivity contribution in [1.82, 2.24) is 9.97 Å². The number of thioether (sulfide) groups is 1. The number of nitrogen functional groups attached to an aromatic ring is 1. The molecule has 0 amide bonds. The number of rotatable bonds is 4. The van der Waals surface area contributed by atoms with Crippen molar-refractivity contribution in [2.45, 2.75) is 17.7 Å². The van der Waals surface area contributed by atoms with Crippen LogP contribution in [-0.2, 0) is 5.75 Å². The topological polar surface area (TPSA) is 75.7 Å². The first-order valence-corrected chi connectivity index (χ1v) is 6.48. The molecule has 18 heavy (non-hydrogen) atoms. The zero-order chi connectivity index (χ0) is 13.0. The Hall–Kier alpha value is -1.88. The highest BCUT2D eigenvalue weighted by Gasteiger charge is 2.08. The Morgan fingerprint density at radius 3 is 2.89 bits per heavy atom. The van der Waals surface area contributed by atoms with E-state index in [2.05, 4.69) is 29.0 Å². The number of aryl methyl sites for hydroxylation is 1. The van der Waals surface area contributed by atoms with Crippen LogP contribution in [0.3, 0.4) is 0 Å². The number of amidine groups is 1. The molecular weight excluding hydrogens is 244 g/mol. The molecule has 0 saturated heterocycles. The van der Waals surface area contributed by atoms with Gasteiger partial charge in [-0.05, 0) is 18.1 Å². The van der Waals surface area contributed by atoms with Crippen LogP contribution in [0.25, 0.3) is 0 Å². The monoisotopic (exact) mass is 258 g/mol. The lowest BCUT2D eigenvalue weighted by Gasteiger charge is -2.07. The van der Waals surface area contributed by atoms with Gasteiger partial charge >= 0.3 is 0 Å². The normalized spacial score (nSPS) is 10.3. The summed E-state index contributed by atoms with van der Waals surface area (Å²) in [6.07, 6.45) is 3.06. The molecule has 0 bridgehead atoms. The summed E-state index contributed by atoms with van der Waals surface area (Å²) < 4.78 is 0. The van der Waals surface area contributed by atoms with Gasteiger partial charge in [-0.2, -0.15) is 0 Å². The molecule has 0 saturated carbocycles. The number of hydrogen-bond donors (Lipinski definition) is 2. The lowest BCUT2D eigenvalue weighted by molar-refractivity contribution is 1.03. The molecule has 4 nitrogen and oxygen atoms in total. The number of hydrogen-bond acceptors (Lipinski definition) is 4. The van der Waals surface area contributed by atoms with E-state index in [9.17, 15) is 0 Å². The van der Waals surface area contributed by atoms with Crippen LogP contribution < -0.4 is 5.73 Å². The lowest BCUT2D eigenvalue weighted by Crippen LogP contribution is -2.13. The van der Waals surface area contributed by atoms with Crippen molar-refractivity contribution in [3.05, 3.63) is 53.5 Å². The molecule has 0 spiro atoms. The van der Waals surface area contributed by atoms with Crippen molar-refractivity contribution >= 4 is 17.6 Å². The van der Waals surface area contributed by atoms with Gasteiger partial charge in [0, 0.05) is 11.9 Å². The van der Waals surface area contributed by atoms with E-state index in [1.807, 2.05) is 12.1 Å². The maximum absolute atomic E-state index is 7.49. The Morgan fingerprint density at radius 1 is 1.39 bits per heavy atom. The molecule has 0 aliphatic heterocycles. The van der Waals surface area contributed by atoms with Crippen LogP contribution in [0.2, 0.25) is 0 Å². The molecule has 0 fully saturated rings. The average Bonchev–Trinajstić information content (AvgIpc) is 2.38. The molecule has 1 aromatic heterocycles. The fourth-order valence-corrected chi connectivity index (χ4v) is 2.59. The summed E-state index contributed by atoms with van der Waals surface area (Å²) in [6, 6.07) is 8.22. The van der Waals surface area contributed by atoms with Crippen LogP contribution >= 0.6 is 11.8 Å². The van der Waals surface area contributed by atoms with Crippen LogP contribution in [0, 0.1) is 12.3 Å². The second-order valence-corrected chi connectivity index (χ2v) is 4.83. The van der Waals surface area contributed by atoms with Crippen LogP contribution in [0.15, 0.2) is 41.8 Å². The van der Waals surface area contributed by atoms with E-state index in [-0.39, 0.29) is 5.84 Å². The minimum absolute atomic E-state index is 0.00267. The van der Waals surface area contributed by atoms with Gasteiger partial charge in [0.1, 0.15) is 17.2 Å². The third-order valence-electron chi connectivity index (χ3n) is 2.59. The zero-order valence-corrected chi connectivity index (χ0v) is 10.9. The van der Waals surface area contributed by atoms with Crippen LogP contribution in [0.4, 0.5) is 0 Å². The molecule has 0 radical (unpaired) electrons. The molecule has 1 heterocycles. The molecule has 5 heteroatoms. The van der Waals surface area contributed by atoms with E-state index in [1.54, 1.807) is 18.0 Å². The van der Waals surface area contributed by atoms with Crippen LogP contribution in [-0.4, -0.2) is 15.8 Å². The molecule has 3 N–H and O–H groups in total. The van der Waals surface area contributed by atoms with Gasteiger partial charge in [-0.3, -0.25) is 5.41 Å². The maximum Gasteiger partial charge on any atom is 0.127 e. The average molecular weight is 258 g/mol. The fourth-order valence-electron chi connectivity index (χ4n) is 1.54. The third kappa shape index (κ3) is 2.87. The van der Waals surface area contributed by atoms with Gasteiger partial charge in [0.25, 0.3) is 0 Å². The van der Waals surface area contributed by atoms with Gasteiger partial charge in [0.05, 0.1) is 5.56 Å². The van der Waals surface area contributed by atoms with E-state index in [0.717, 1.165) is 10.8 Å². The largest absolute Gasteiger partial charge is 0.384 e. The Morgan fingerprint density at radius 2 is 2.17 bits per heavy atom. The van der Waals surface area contributed by atoms with Gasteiger partial charge in [-0.25, -0.2) is 9.97 Å². The summed E-state index contributed by atoms with van der Waals surface area (Å²) in [6.45, 7) is 2.09. The first kappa shape index (κ1) is 12.6. The van der Waals surface area contributed by atoms with E-state index in [1.165, 1.54) is 17.5 Å². The smallest absolute Gasteiger partial charge is 0.127 e. The van der Waals surface area contributed by atoms with Crippen molar-refractivity contribution in [2.75, 3.05) is 0 Å². The molecular formula is C13H14N4S. The Balaban J connectivity index is 2.16. The number of aromatic nitrogens is 2. The Labute approximate surface area is 110 Å². The summed E-state index contributed by atoms with van der Waals surface area (Å²) in [4.78, 5) is 8.07. The Kier molecular flexibility index (Phi) is 3.94. The molecule has 0 aliphatic carbocycles. The molecule has 0 atom stereocenters. The van der Waals surface area contributed by atoms with Crippen molar-refractivity contribution < 1.29 is 0 Å². The fraction of sp³-hybridized carbons (Fsp3) is 0.154.